The van der Waals surface area contributed by atoms with Gasteiger partial charge in [-0.15, -0.1) is 0 Å². The largest absolute Gasteiger partial charge is 0.290 e. The topological polar surface area (TPSA) is 17.1 Å². The summed E-state index contributed by atoms with van der Waals surface area (Å²) in [4.78, 5) is 11.0. The highest BCUT2D eigenvalue weighted by molar-refractivity contribution is 6.00. The van der Waals surface area contributed by atoms with Gasteiger partial charge in [0.2, 0.25) is 0 Å². The molecule has 1 saturated carbocycles. The molecule has 1 heteroatoms. The number of hydrogen-bond acceptors (Lipinski definition) is 1. The minimum Gasteiger partial charge on any atom is -0.290 e. The molecule has 0 aliphatic heterocycles. The molecule has 1 nitrogen and oxygen atoms in total. The molecule has 2 aliphatic rings. The molecule has 58 valence electrons. The van der Waals surface area contributed by atoms with Gasteiger partial charge < -0.3 is 0 Å². The van der Waals surface area contributed by atoms with Crippen LogP contribution in [-0.4, -0.2) is 5.78 Å². The van der Waals surface area contributed by atoms with Gasteiger partial charge in [0, 0.05) is 0 Å². The Morgan fingerprint density at radius 2 is 2.27 bits per heavy atom. The van der Waals surface area contributed by atoms with Crippen molar-refractivity contribution in [2.75, 3.05) is 0 Å². The van der Waals surface area contributed by atoms with E-state index in [4.69, 9.17) is 0 Å². The predicted octanol–water partition coefficient (Wildman–Crippen LogP) is 2.24. The quantitative estimate of drug-likeness (QED) is 0.515. The maximum atomic E-state index is 11.0. The summed E-state index contributed by atoms with van der Waals surface area (Å²) in [6.07, 6.45) is 10.6. The van der Waals surface area contributed by atoms with Crippen LogP contribution >= 0.6 is 0 Å². The number of carbonyl (C=O) groups is 1. The minimum absolute atomic E-state index is 0.179. The average Bonchev–Trinajstić information content (AvgIpc) is 2.04. The molecule has 1 unspecified atom stereocenters. The van der Waals surface area contributed by atoms with Gasteiger partial charge in [0.25, 0.3) is 0 Å². The van der Waals surface area contributed by atoms with Crippen molar-refractivity contribution in [2.24, 2.45) is 5.92 Å². The number of hydrogen-bond donors (Lipinski definition) is 0. The zero-order valence-corrected chi connectivity index (χ0v) is 6.55. The lowest BCUT2D eigenvalue weighted by Gasteiger charge is -2.24. The molecule has 2 rings (SSSR count). The lowest BCUT2D eigenvalue weighted by molar-refractivity contribution is -0.110. The second-order valence-corrected chi connectivity index (χ2v) is 3.33. The second kappa shape index (κ2) is 2.65. The van der Waals surface area contributed by atoms with Crippen LogP contribution in [-0.2, 0) is 4.79 Å². The van der Waals surface area contributed by atoms with Gasteiger partial charge in [0.1, 0.15) is 0 Å². The molecule has 11 heavy (non-hydrogen) atoms. The first-order valence-corrected chi connectivity index (χ1v) is 4.29. The summed E-state index contributed by atoms with van der Waals surface area (Å²) in [5, 5.41) is 0. The van der Waals surface area contributed by atoms with Crippen molar-refractivity contribution >= 4 is 5.78 Å². The third-order valence-corrected chi connectivity index (χ3v) is 2.53. The highest BCUT2D eigenvalue weighted by atomic mass is 16.1. The van der Waals surface area contributed by atoms with Crippen LogP contribution in [0.2, 0.25) is 0 Å². The van der Waals surface area contributed by atoms with Crippen molar-refractivity contribution in [3.63, 3.8) is 0 Å². The lowest BCUT2D eigenvalue weighted by Crippen LogP contribution is -2.12. The Bertz CT molecular complexity index is 235. The predicted molar refractivity (Wildman–Crippen MR) is 44.2 cm³/mol. The van der Waals surface area contributed by atoms with Crippen LogP contribution < -0.4 is 0 Å². The van der Waals surface area contributed by atoms with Gasteiger partial charge in [-0.05, 0) is 37.3 Å². The Hall–Kier alpha value is -0.850. The van der Waals surface area contributed by atoms with Crippen LogP contribution in [0.25, 0.3) is 0 Å². The fourth-order valence-electron chi connectivity index (χ4n) is 1.91. The zero-order valence-electron chi connectivity index (χ0n) is 6.55. The molecule has 0 saturated heterocycles. The molecule has 0 aromatic heterocycles. The van der Waals surface area contributed by atoms with Crippen molar-refractivity contribution in [2.45, 2.75) is 25.7 Å². The van der Waals surface area contributed by atoms with Crippen molar-refractivity contribution < 1.29 is 4.79 Å². The third-order valence-electron chi connectivity index (χ3n) is 2.53. The maximum Gasteiger partial charge on any atom is 0.178 e. The van der Waals surface area contributed by atoms with E-state index in [1.165, 1.54) is 24.8 Å². The van der Waals surface area contributed by atoms with Gasteiger partial charge in [-0.25, -0.2) is 0 Å². The number of rotatable bonds is 0. The summed E-state index contributed by atoms with van der Waals surface area (Å²) in [5.74, 6) is 0.777. The second-order valence-electron chi connectivity index (χ2n) is 3.33. The van der Waals surface area contributed by atoms with Crippen LogP contribution in [0.5, 0.6) is 0 Å². The van der Waals surface area contributed by atoms with E-state index in [9.17, 15) is 4.79 Å². The summed E-state index contributed by atoms with van der Waals surface area (Å²) in [5.41, 5.74) is 1.36. The van der Waals surface area contributed by atoms with Crippen molar-refractivity contribution in [3.8, 4) is 0 Å². The minimum atomic E-state index is 0.179. The summed E-state index contributed by atoms with van der Waals surface area (Å²) in [7, 11) is 0. The number of ketones is 1. The molecule has 0 heterocycles. The van der Waals surface area contributed by atoms with E-state index in [2.05, 4.69) is 6.08 Å². The van der Waals surface area contributed by atoms with Gasteiger partial charge in [-0.2, -0.15) is 0 Å². The number of allylic oxidation sites excluding steroid dienone is 4. The Morgan fingerprint density at radius 1 is 1.36 bits per heavy atom. The summed E-state index contributed by atoms with van der Waals surface area (Å²) in [6.45, 7) is 0. The first kappa shape index (κ1) is 6.84. The fourth-order valence-corrected chi connectivity index (χ4v) is 1.91. The smallest absolute Gasteiger partial charge is 0.178 e. The van der Waals surface area contributed by atoms with Gasteiger partial charge in [-0.1, -0.05) is 18.1 Å². The van der Waals surface area contributed by atoms with Crippen molar-refractivity contribution in [3.05, 3.63) is 23.8 Å². The number of carbonyl (C=O) groups excluding carboxylic acids is 1. The highest BCUT2D eigenvalue weighted by Crippen LogP contribution is 2.31. The molecule has 0 aromatic carbocycles. The maximum absolute atomic E-state index is 11.0. The Labute approximate surface area is 66.8 Å². The Balaban J connectivity index is 2.21. The van der Waals surface area contributed by atoms with E-state index in [1.54, 1.807) is 6.08 Å². The standard InChI is InChI=1S/C10H12O/c11-10-6-5-8-3-1-2-4-9(8)7-10/h5-8H,1-4H2. The van der Waals surface area contributed by atoms with Gasteiger partial charge in [-0.3, -0.25) is 4.79 Å². The first-order chi connectivity index (χ1) is 5.36. The highest BCUT2D eigenvalue weighted by Gasteiger charge is 2.19. The Kier molecular flexibility index (Phi) is 1.65. The van der Waals surface area contributed by atoms with Gasteiger partial charge >= 0.3 is 0 Å². The van der Waals surface area contributed by atoms with E-state index < -0.39 is 0 Å². The van der Waals surface area contributed by atoms with Crippen LogP contribution in [0.15, 0.2) is 23.8 Å². The van der Waals surface area contributed by atoms with Crippen LogP contribution in [0.1, 0.15) is 25.7 Å². The van der Waals surface area contributed by atoms with Gasteiger partial charge in [0.05, 0.1) is 0 Å². The molecule has 1 atom stereocenters. The van der Waals surface area contributed by atoms with Crippen LogP contribution in [0.4, 0.5) is 0 Å². The molecule has 0 aromatic rings. The molecule has 0 spiro atoms. The average molecular weight is 148 g/mol. The molecule has 0 radical (unpaired) electrons. The van der Waals surface area contributed by atoms with Crippen molar-refractivity contribution in [1.82, 2.24) is 0 Å². The molecule has 2 aliphatic carbocycles. The number of fused-ring (bicyclic) bond motifs is 1. The molecular formula is C10H12O. The fraction of sp³-hybridized carbons (Fsp3) is 0.500. The van der Waals surface area contributed by atoms with E-state index >= 15 is 0 Å². The monoisotopic (exact) mass is 148 g/mol. The molecule has 1 fully saturated rings. The normalized spacial score (nSPS) is 29.6. The summed E-state index contributed by atoms with van der Waals surface area (Å²) >= 11 is 0. The molecule has 0 bridgehead atoms. The molecule has 0 N–H and O–H groups in total. The molecule has 0 amide bonds. The van der Waals surface area contributed by atoms with E-state index in [0.717, 1.165) is 6.42 Å². The van der Waals surface area contributed by atoms with E-state index in [1.807, 2.05) is 6.08 Å². The van der Waals surface area contributed by atoms with Crippen molar-refractivity contribution in [1.29, 1.82) is 0 Å². The Morgan fingerprint density at radius 3 is 3.18 bits per heavy atom. The summed E-state index contributed by atoms with van der Waals surface area (Å²) in [6, 6.07) is 0. The van der Waals surface area contributed by atoms with Crippen LogP contribution in [0.3, 0.4) is 0 Å². The van der Waals surface area contributed by atoms with E-state index in [-0.39, 0.29) is 5.78 Å². The first-order valence-electron chi connectivity index (χ1n) is 4.29. The lowest BCUT2D eigenvalue weighted by atomic mass is 9.81. The molecular weight excluding hydrogens is 136 g/mol. The van der Waals surface area contributed by atoms with Gasteiger partial charge in [0.15, 0.2) is 5.78 Å². The summed E-state index contributed by atoms with van der Waals surface area (Å²) < 4.78 is 0. The SMILES string of the molecule is O=C1C=CC2CCCCC2=C1. The van der Waals surface area contributed by atoms with E-state index in [0.29, 0.717) is 5.92 Å². The third kappa shape index (κ3) is 1.28. The van der Waals surface area contributed by atoms with Crippen LogP contribution in [0, 0.1) is 5.92 Å². The zero-order chi connectivity index (χ0) is 7.68.